The second kappa shape index (κ2) is 5.63. The molecule has 0 aliphatic heterocycles. The van der Waals surface area contributed by atoms with E-state index in [4.69, 9.17) is 4.52 Å². The van der Waals surface area contributed by atoms with Gasteiger partial charge >= 0.3 is 6.18 Å². The number of hydrogen-bond donors (Lipinski definition) is 0. The molecule has 0 bridgehead atoms. The van der Waals surface area contributed by atoms with Crippen LogP contribution in [0, 0.1) is 0 Å². The molecular weight excluding hydrogens is 291 g/mol. The average Bonchev–Trinajstić information content (AvgIpc) is 3.24. The normalized spacial score (nSPS) is 15.6. The van der Waals surface area contributed by atoms with Crippen LogP contribution in [0.2, 0.25) is 0 Å². The van der Waals surface area contributed by atoms with E-state index in [1.165, 1.54) is 12.1 Å². The van der Waals surface area contributed by atoms with Crippen molar-refractivity contribution < 1.29 is 17.7 Å². The lowest BCUT2D eigenvalue weighted by molar-refractivity contribution is -0.137. The number of allylic oxidation sites excluding steroid dienone is 1. The minimum atomic E-state index is -4.42. The number of hydrogen-bond acceptors (Lipinski definition) is 2. The van der Waals surface area contributed by atoms with Crippen LogP contribution in [-0.4, -0.2) is 5.16 Å². The molecule has 1 saturated carbocycles. The third-order valence-corrected chi connectivity index (χ3v) is 3.71. The lowest BCUT2D eigenvalue weighted by Gasteiger charge is -2.11. The molecule has 1 aliphatic rings. The summed E-state index contributed by atoms with van der Waals surface area (Å²) in [5, 5.41) is 3.95. The van der Waals surface area contributed by atoms with Crippen LogP contribution in [-0.2, 0) is 6.18 Å². The smallest absolute Gasteiger partial charge is 0.360 e. The van der Waals surface area contributed by atoms with Gasteiger partial charge in [-0.2, -0.15) is 13.2 Å². The second-order valence-electron chi connectivity index (χ2n) is 5.44. The summed E-state index contributed by atoms with van der Waals surface area (Å²) in [4.78, 5) is 0. The average molecular weight is 307 g/mol. The van der Waals surface area contributed by atoms with Crippen molar-refractivity contribution >= 4 is 6.08 Å². The van der Waals surface area contributed by atoms with Crippen molar-refractivity contribution in [2.75, 3.05) is 0 Å². The molecule has 2 nitrogen and oxygen atoms in total. The maximum atomic E-state index is 13.2. The fourth-order valence-corrected chi connectivity index (χ4v) is 2.48. The van der Waals surface area contributed by atoms with Crippen LogP contribution in [0.5, 0.6) is 0 Å². The summed E-state index contributed by atoms with van der Waals surface area (Å²) < 4.78 is 45.0. The maximum Gasteiger partial charge on any atom is 0.417 e. The van der Waals surface area contributed by atoms with E-state index in [2.05, 4.69) is 5.16 Å². The van der Waals surface area contributed by atoms with Crippen molar-refractivity contribution in [1.82, 2.24) is 5.16 Å². The molecule has 0 unspecified atom stereocenters. The first-order chi connectivity index (χ1) is 10.5. The van der Waals surface area contributed by atoms with Crippen molar-refractivity contribution in [1.29, 1.82) is 0 Å². The SMILES string of the molecule is CC/C=C/c1c(-c2ccccc2C(F)(F)F)noc1C1CC1. The van der Waals surface area contributed by atoms with Gasteiger partial charge in [0.1, 0.15) is 11.5 Å². The molecule has 0 spiro atoms. The molecule has 1 aromatic heterocycles. The number of alkyl halides is 3. The molecule has 1 fully saturated rings. The minimum Gasteiger partial charge on any atom is -0.360 e. The van der Waals surface area contributed by atoms with Gasteiger partial charge in [0.05, 0.1) is 5.56 Å². The number of halogens is 3. The minimum absolute atomic E-state index is 0.0707. The standard InChI is InChI=1S/C17H16F3NO/c1-2-3-6-13-15(21-22-16(13)11-9-10-11)12-7-4-5-8-14(12)17(18,19)20/h3-8,11H,2,9-10H2,1H3/b6-3+. The summed E-state index contributed by atoms with van der Waals surface area (Å²) in [5.41, 5.74) is 0.346. The Labute approximate surface area is 126 Å². The Morgan fingerprint density at radius 2 is 2.00 bits per heavy atom. The van der Waals surface area contributed by atoms with Gasteiger partial charge in [0, 0.05) is 17.0 Å². The van der Waals surface area contributed by atoms with Crippen LogP contribution < -0.4 is 0 Å². The highest BCUT2D eigenvalue weighted by atomic mass is 19.4. The van der Waals surface area contributed by atoms with E-state index in [0.717, 1.165) is 25.3 Å². The molecule has 2 aromatic rings. The quantitative estimate of drug-likeness (QED) is 0.728. The maximum absolute atomic E-state index is 13.2. The van der Waals surface area contributed by atoms with Gasteiger partial charge in [0.2, 0.25) is 0 Å². The summed E-state index contributed by atoms with van der Waals surface area (Å²) in [6.07, 6.45) is 2.13. The number of nitrogens with zero attached hydrogens (tertiary/aromatic N) is 1. The highest BCUT2D eigenvalue weighted by Crippen LogP contribution is 2.46. The molecule has 5 heteroatoms. The zero-order chi connectivity index (χ0) is 15.7. The Bertz CT molecular complexity index is 696. The summed E-state index contributed by atoms with van der Waals surface area (Å²) in [5.74, 6) is 0.993. The Balaban J connectivity index is 2.15. The summed E-state index contributed by atoms with van der Waals surface area (Å²) in [7, 11) is 0. The van der Waals surface area contributed by atoms with Crippen LogP contribution in [0.15, 0.2) is 34.9 Å². The second-order valence-corrected chi connectivity index (χ2v) is 5.44. The number of benzene rings is 1. The Morgan fingerprint density at radius 3 is 2.64 bits per heavy atom. The molecule has 0 N–H and O–H groups in total. The topological polar surface area (TPSA) is 26.0 Å². The lowest BCUT2D eigenvalue weighted by atomic mass is 9.99. The van der Waals surface area contributed by atoms with Gasteiger partial charge in [-0.1, -0.05) is 42.4 Å². The molecule has 0 atom stereocenters. The molecule has 116 valence electrons. The van der Waals surface area contributed by atoms with Gasteiger partial charge in [0.15, 0.2) is 0 Å². The summed E-state index contributed by atoms with van der Waals surface area (Å²) >= 11 is 0. The predicted octanol–water partition coefficient (Wildman–Crippen LogP) is 5.66. The number of aromatic nitrogens is 1. The number of rotatable bonds is 4. The molecule has 0 amide bonds. The first-order valence-electron chi connectivity index (χ1n) is 7.35. The van der Waals surface area contributed by atoms with E-state index in [1.807, 2.05) is 19.1 Å². The van der Waals surface area contributed by atoms with Crippen molar-refractivity contribution in [2.24, 2.45) is 0 Å². The van der Waals surface area contributed by atoms with E-state index in [9.17, 15) is 13.2 Å². The molecule has 0 radical (unpaired) electrons. The zero-order valence-corrected chi connectivity index (χ0v) is 12.2. The van der Waals surface area contributed by atoms with Gasteiger partial charge < -0.3 is 4.52 Å². The molecule has 1 aromatic carbocycles. The third kappa shape index (κ3) is 2.80. The van der Waals surface area contributed by atoms with Crippen molar-refractivity contribution in [3.8, 4) is 11.3 Å². The fourth-order valence-electron chi connectivity index (χ4n) is 2.48. The van der Waals surface area contributed by atoms with Crippen LogP contribution in [0.4, 0.5) is 13.2 Å². The Hall–Kier alpha value is -2.04. The molecular formula is C17H16F3NO. The summed E-state index contributed by atoms with van der Waals surface area (Å²) in [6.45, 7) is 1.98. The first kappa shape index (κ1) is 14.9. The highest BCUT2D eigenvalue weighted by Gasteiger charge is 2.36. The van der Waals surface area contributed by atoms with Gasteiger partial charge in [-0.05, 0) is 25.3 Å². The van der Waals surface area contributed by atoms with Gasteiger partial charge in [-0.15, -0.1) is 0 Å². The van der Waals surface area contributed by atoms with Crippen LogP contribution in [0.25, 0.3) is 17.3 Å². The van der Waals surface area contributed by atoms with E-state index >= 15 is 0 Å². The molecule has 1 aliphatic carbocycles. The summed E-state index contributed by atoms with van der Waals surface area (Å²) in [6, 6.07) is 5.49. The van der Waals surface area contributed by atoms with E-state index in [0.29, 0.717) is 11.3 Å². The molecule has 0 saturated heterocycles. The zero-order valence-electron chi connectivity index (χ0n) is 12.2. The Morgan fingerprint density at radius 1 is 1.27 bits per heavy atom. The predicted molar refractivity (Wildman–Crippen MR) is 78.2 cm³/mol. The van der Waals surface area contributed by atoms with Crippen molar-refractivity contribution in [3.05, 3.63) is 47.2 Å². The molecule has 1 heterocycles. The molecule has 22 heavy (non-hydrogen) atoms. The third-order valence-electron chi connectivity index (χ3n) is 3.71. The Kier molecular flexibility index (Phi) is 3.81. The van der Waals surface area contributed by atoms with Gasteiger partial charge in [-0.3, -0.25) is 0 Å². The van der Waals surface area contributed by atoms with Gasteiger partial charge in [-0.25, -0.2) is 0 Å². The fraction of sp³-hybridized carbons (Fsp3) is 0.353. The highest BCUT2D eigenvalue weighted by molar-refractivity contribution is 5.75. The van der Waals surface area contributed by atoms with Crippen LogP contribution in [0.3, 0.4) is 0 Å². The largest absolute Gasteiger partial charge is 0.417 e. The van der Waals surface area contributed by atoms with Crippen LogP contribution in [0.1, 0.15) is 49.0 Å². The molecule has 3 rings (SSSR count). The monoisotopic (exact) mass is 307 g/mol. The first-order valence-corrected chi connectivity index (χ1v) is 7.35. The van der Waals surface area contributed by atoms with Gasteiger partial charge in [0.25, 0.3) is 0 Å². The van der Waals surface area contributed by atoms with E-state index in [-0.39, 0.29) is 17.2 Å². The van der Waals surface area contributed by atoms with Crippen molar-refractivity contribution in [2.45, 2.75) is 38.3 Å². The van der Waals surface area contributed by atoms with E-state index in [1.54, 1.807) is 6.07 Å². The van der Waals surface area contributed by atoms with E-state index < -0.39 is 11.7 Å². The van der Waals surface area contributed by atoms with Crippen LogP contribution >= 0.6 is 0 Å². The lowest BCUT2D eigenvalue weighted by Crippen LogP contribution is -2.07. The van der Waals surface area contributed by atoms with Crippen molar-refractivity contribution in [3.63, 3.8) is 0 Å².